The molecule has 4 heteroatoms. The molecule has 0 fully saturated rings. The number of halogens is 2. The summed E-state index contributed by atoms with van der Waals surface area (Å²) in [5.74, 6) is 0.942. The number of Topliss-reactive ketones (excluding diaryl/α,β-unsaturated/α-hetero) is 1. The minimum absolute atomic E-state index is 0.0557. The topological polar surface area (TPSA) is 29.1 Å². The minimum atomic E-state index is -0.577. The maximum absolute atomic E-state index is 13.1. The number of rotatable bonds is 5. The standard InChI is InChI=1S/C12H11F2NO/c1-2-5-15-8-11(16)7-9-6-10(13)3-4-12(9)14/h1,3-4,6,15H,5,7-8H2. The molecule has 0 unspecified atom stereocenters. The van der Waals surface area contributed by atoms with Gasteiger partial charge in [-0.25, -0.2) is 8.78 Å². The third kappa shape index (κ3) is 3.79. The van der Waals surface area contributed by atoms with Crippen LogP contribution in [0.4, 0.5) is 8.78 Å². The Morgan fingerprint density at radius 3 is 2.88 bits per heavy atom. The van der Waals surface area contributed by atoms with Crippen molar-refractivity contribution in [2.75, 3.05) is 13.1 Å². The number of benzene rings is 1. The van der Waals surface area contributed by atoms with Crippen molar-refractivity contribution in [2.45, 2.75) is 6.42 Å². The second kappa shape index (κ2) is 5.99. The van der Waals surface area contributed by atoms with Gasteiger partial charge in [-0.1, -0.05) is 5.92 Å². The average Bonchev–Trinajstić information content (AvgIpc) is 2.24. The normalized spacial score (nSPS) is 9.81. The molecule has 84 valence electrons. The zero-order valence-electron chi connectivity index (χ0n) is 8.59. The number of hydrogen-bond acceptors (Lipinski definition) is 2. The van der Waals surface area contributed by atoms with E-state index in [4.69, 9.17) is 6.42 Å². The first-order valence-electron chi connectivity index (χ1n) is 4.73. The van der Waals surface area contributed by atoms with Crippen molar-refractivity contribution < 1.29 is 13.6 Å². The molecule has 0 saturated heterocycles. The molecule has 1 aromatic rings. The Bertz CT molecular complexity index is 424. The molecule has 1 N–H and O–H groups in total. The van der Waals surface area contributed by atoms with E-state index in [0.717, 1.165) is 18.2 Å². The van der Waals surface area contributed by atoms with Crippen molar-refractivity contribution in [1.29, 1.82) is 0 Å². The van der Waals surface area contributed by atoms with Crippen LogP contribution in [0.2, 0.25) is 0 Å². The summed E-state index contributed by atoms with van der Waals surface area (Å²) in [6.45, 7) is 0.331. The van der Waals surface area contributed by atoms with Crippen molar-refractivity contribution in [3.05, 3.63) is 35.4 Å². The van der Waals surface area contributed by atoms with Gasteiger partial charge in [0.25, 0.3) is 0 Å². The molecular weight excluding hydrogens is 212 g/mol. The molecular formula is C12H11F2NO. The lowest BCUT2D eigenvalue weighted by molar-refractivity contribution is -0.117. The largest absolute Gasteiger partial charge is 0.299 e. The summed E-state index contributed by atoms with van der Waals surface area (Å²) in [5.41, 5.74) is 0.0625. The van der Waals surface area contributed by atoms with E-state index in [1.54, 1.807) is 0 Å². The fourth-order valence-corrected chi connectivity index (χ4v) is 1.23. The third-order valence-electron chi connectivity index (χ3n) is 1.94. The van der Waals surface area contributed by atoms with Gasteiger partial charge in [0.1, 0.15) is 11.6 Å². The molecule has 16 heavy (non-hydrogen) atoms. The average molecular weight is 223 g/mol. The first kappa shape index (κ1) is 12.3. The van der Waals surface area contributed by atoms with Crippen LogP contribution in [0.1, 0.15) is 5.56 Å². The van der Waals surface area contributed by atoms with Crippen LogP contribution in [0.5, 0.6) is 0 Å². The number of ketones is 1. The summed E-state index contributed by atoms with van der Waals surface area (Å²) in [5, 5.41) is 2.69. The third-order valence-corrected chi connectivity index (χ3v) is 1.94. The van der Waals surface area contributed by atoms with E-state index < -0.39 is 11.6 Å². The van der Waals surface area contributed by atoms with Crippen molar-refractivity contribution in [3.8, 4) is 12.3 Å². The molecule has 0 aliphatic carbocycles. The van der Waals surface area contributed by atoms with Crippen LogP contribution >= 0.6 is 0 Å². The van der Waals surface area contributed by atoms with Crippen LogP contribution in [0, 0.1) is 24.0 Å². The Morgan fingerprint density at radius 1 is 1.44 bits per heavy atom. The highest BCUT2D eigenvalue weighted by Crippen LogP contribution is 2.10. The number of carbonyl (C=O) groups is 1. The Kier molecular flexibility index (Phi) is 4.62. The monoisotopic (exact) mass is 223 g/mol. The Hall–Kier alpha value is -1.73. The number of nitrogens with one attached hydrogen (secondary N) is 1. The van der Waals surface area contributed by atoms with E-state index in [9.17, 15) is 13.6 Å². The number of terminal acetylenes is 1. The summed E-state index contributed by atoms with van der Waals surface area (Å²) in [7, 11) is 0. The Morgan fingerprint density at radius 2 is 2.19 bits per heavy atom. The summed E-state index contributed by atoms with van der Waals surface area (Å²) in [6.07, 6.45) is 4.84. The molecule has 0 aromatic heterocycles. The van der Waals surface area contributed by atoms with Crippen LogP contribution in [0.15, 0.2) is 18.2 Å². The molecule has 2 nitrogen and oxygen atoms in total. The zero-order valence-corrected chi connectivity index (χ0v) is 8.59. The molecule has 0 aliphatic heterocycles. The van der Waals surface area contributed by atoms with Gasteiger partial charge < -0.3 is 0 Å². The van der Waals surface area contributed by atoms with Crippen LogP contribution < -0.4 is 5.32 Å². The van der Waals surface area contributed by atoms with E-state index in [-0.39, 0.29) is 30.9 Å². The summed E-state index contributed by atoms with van der Waals surface area (Å²) in [4.78, 5) is 11.3. The van der Waals surface area contributed by atoms with Crippen molar-refractivity contribution in [1.82, 2.24) is 5.32 Å². The quantitative estimate of drug-likeness (QED) is 0.602. The number of hydrogen-bond donors (Lipinski definition) is 1. The Labute approximate surface area is 92.7 Å². The van der Waals surface area contributed by atoms with Gasteiger partial charge in [0.15, 0.2) is 5.78 Å². The van der Waals surface area contributed by atoms with Gasteiger partial charge in [-0.2, -0.15) is 0 Å². The van der Waals surface area contributed by atoms with Gasteiger partial charge in [0, 0.05) is 6.42 Å². The van der Waals surface area contributed by atoms with E-state index in [2.05, 4.69) is 11.2 Å². The van der Waals surface area contributed by atoms with Crippen molar-refractivity contribution >= 4 is 5.78 Å². The Balaban J connectivity index is 2.56. The minimum Gasteiger partial charge on any atom is -0.299 e. The second-order valence-electron chi connectivity index (χ2n) is 3.26. The molecule has 0 bridgehead atoms. The molecule has 0 aliphatic rings. The van der Waals surface area contributed by atoms with Gasteiger partial charge in [0.2, 0.25) is 0 Å². The number of carbonyl (C=O) groups excluding carboxylic acids is 1. The van der Waals surface area contributed by atoms with Gasteiger partial charge in [-0.15, -0.1) is 6.42 Å². The molecule has 1 aromatic carbocycles. The molecule has 0 radical (unpaired) electrons. The van der Waals surface area contributed by atoms with Gasteiger partial charge in [-0.3, -0.25) is 10.1 Å². The van der Waals surface area contributed by atoms with Crippen LogP contribution in [0.25, 0.3) is 0 Å². The molecule has 1 rings (SSSR count). The molecule has 0 saturated carbocycles. The van der Waals surface area contributed by atoms with Gasteiger partial charge in [0.05, 0.1) is 13.1 Å². The van der Waals surface area contributed by atoms with Crippen LogP contribution in [-0.2, 0) is 11.2 Å². The lowest BCUT2D eigenvalue weighted by atomic mass is 10.1. The summed E-state index contributed by atoms with van der Waals surface area (Å²) < 4.78 is 25.9. The second-order valence-corrected chi connectivity index (χ2v) is 3.26. The van der Waals surface area contributed by atoms with Gasteiger partial charge in [-0.05, 0) is 23.8 Å². The SMILES string of the molecule is C#CCNCC(=O)Cc1cc(F)ccc1F. The van der Waals surface area contributed by atoms with Gasteiger partial charge >= 0.3 is 0 Å². The fourth-order valence-electron chi connectivity index (χ4n) is 1.23. The van der Waals surface area contributed by atoms with E-state index >= 15 is 0 Å². The summed E-state index contributed by atoms with van der Waals surface area (Å²) in [6, 6.07) is 3.04. The van der Waals surface area contributed by atoms with Crippen molar-refractivity contribution in [3.63, 3.8) is 0 Å². The van der Waals surface area contributed by atoms with Crippen molar-refractivity contribution in [2.24, 2.45) is 0 Å². The van der Waals surface area contributed by atoms with Crippen LogP contribution in [-0.4, -0.2) is 18.9 Å². The smallest absolute Gasteiger partial charge is 0.151 e. The first-order valence-corrected chi connectivity index (χ1v) is 4.73. The predicted molar refractivity (Wildman–Crippen MR) is 56.8 cm³/mol. The molecule has 0 spiro atoms. The van der Waals surface area contributed by atoms with E-state index in [0.29, 0.717) is 0 Å². The van der Waals surface area contributed by atoms with E-state index in [1.807, 2.05) is 0 Å². The summed E-state index contributed by atoms with van der Waals surface area (Å²) >= 11 is 0. The highest BCUT2D eigenvalue weighted by Gasteiger charge is 2.08. The zero-order chi connectivity index (χ0) is 12.0. The predicted octanol–water partition coefficient (Wildman–Crippen LogP) is 1.30. The molecule has 0 atom stereocenters. The van der Waals surface area contributed by atoms with Crippen LogP contribution in [0.3, 0.4) is 0 Å². The maximum Gasteiger partial charge on any atom is 0.151 e. The highest BCUT2D eigenvalue weighted by atomic mass is 19.1. The molecule has 0 amide bonds. The van der Waals surface area contributed by atoms with E-state index in [1.165, 1.54) is 0 Å². The first-order chi connectivity index (χ1) is 7.63. The maximum atomic E-state index is 13.1. The highest BCUT2D eigenvalue weighted by molar-refractivity contribution is 5.82. The lowest BCUT2D eigenvalue weighted by Gasteiger charge is -2.03. The molecule has 0 heterocycles. The fraction of sp³-hybridized carbons (Fsp3) is 0.250. The lowest BCUT2D eigenvalue weighted by Crippen LogP contribution is -2.24.